The Kier molecular flexibility index (Phi) is 6.88. The molecule has 0 unspecified atom stereocenters. The summed E-state index contributed by atoms with van der Waals surface area (Å²) < 4.78 is 74.0. The van der Waals surface area contributed by atoms with E-state index < -0.39 is 45.6 Å². The van der Waals surface area contributed by atoms with E-state index in [-0.39, 0.29) is 54.1 Å². The van der Waals surface area contributed by atoms with Crippen molar-refractivity contribution in [3.8, 4) is 11.3 Å². The van der Waals surface area contributed by atoms with Crippen LogP contribution in [0, 0.1) is 39.2 Å². The van der Waals surface area contributed by atoms with Gasteiger partial charge in [0, 0.05) is 32.2 Å². The van der Waals surface area contributed by atoms with Crippen molar-refractivity contribution in [1.29, 1.82) is 0 Å². The van der Waals surface area contributed by atoms with E-state index in [2.05, 4.69) is 5.32 Å². The van der Waals surface area contributed by atoms with Crippen LogP contribution in [-0.4, -0.2) is 47.0 Å². The van der Waals surface area contributed by atoms with Crippen molar-refractivity contribution in [3.05, 3.63) is 81.4 Å². The molecule has 0 aliphatic carbocycles. The van der Waals surface area contributed by atoms with Gasteiger partial charge in [0.1, 0.15) is 11.4 Å². The average molecular weight is 526 g/mol. The van der Waals surface area contributed by atoms with Gasteiger partial charge >= 0.3 is 0 Å². The molecule has 14 heteroatoms. The van der Waals surface area contributed by atoms with E-state index in [9.17, 15) is 36.9 Å². The maximum absolute atomic E-state index is 14.1. The highest BCUT2D eigenvalue weighted by molar-refractivity contribution is 7.80. The zero-order valence-corrected chi connectivity index (χ0v) is 18.9. The van der Waals surface area contributed by atoms with Gasteiger partial charge in [-0.3, -0.25) is 20.2 Å². The first kappa shape index (κ1) is 25.0. The predicted octanol–water partition coefficient (Wildman–Crippen LogP) is 4.39. The first-order valence-corrected chi connectivity index (χ1v) is 10.7. The number of rotatable bonds is 4. The van der Waals surface area contributed by atoms with Crippen molar-refractivity contribution in [3.63, 3.8) is 0 Å². The minimum absolute atomic E-state index is 0.0121. The fourth-order valence-electron chi connectivity index (χ4n) is 3.69. The molecule has 1 amide bonds. The Hall–Kier alpha value is -4.07. The van der Waals surface area contributed by atoms with Gasteiger partial charge in [-0.25, -0.2) is 22.0 Å². The Labute approximate surface area is 205 Å². The smallest absolute Gasteiger partial charge is 0.293 e. The molecule has 1 fully saturated rings. The molecule has 3 aromatic rings. The van der Waals surface area contributed by atoms with Crippen molar-refractivity contribution in [1.82, 2.24) is 10.2 Å². The van der Waals surface area contributed by atoms with Crippen molar-refractivity contribution < 1.29 is 36.1 Å². The first-order valence-electron chi connectivity index (χ1n) is 10.3. The summed E-state index contributed by atoms with van der Waals surface area (Å²) in [4.78, 5) is 25.7. The molecule has 2 aromatic carbocycles. The number of carbonyl (C=O) groups excluding carboxylic acids is 1. The molecular formula is C22H15F5N4O4S. The summed E-state index contributed by atoms with van der Waals surface area (Å²) in [7, 11) is 0. The van der Waals surface area contributed by atoms with Gasteiger partial charge in [0.05, 0.1) is 10.5 Å². The fraction of sp³-hybridized carbons (Fsp3) is 0.182. The highest BCUT2D eigenvalue weighted by atomic mass is 32.1. The van der Waals surface area contributed by atoms with Gasteiger partial charge in [-0.15, -0.1) is 0 Å². The lowest BCUT2D eigenvalue weighted by molar-refractivity contribution is -0.384. The van der Waals surface area contributed by atoms with Crippen LogP contribution in [-0.2, 0) is 0 Å². The van der Waals surface area contributed by atoms with Crippen molar-refractivity contribution >= 4 is 34.6 Å². The Balaban J connectivity index is 1.41. The molecule has 0 bridgehead atoms. The zero-order chi connectivity index (χ0) is 26.1. The number of anilines is 1. The van der Waals surface area contributed by atoms with E-state index >= 15 is 0 Å². The number of para-hydroxylation sites is 1. The van der Waals surface area contributed by atoms with Crippen LogP contribution in [0.4, 0.5) is 33.3 Å². The topological polar surface area (TPSA) is 91.9 Å². The van der Waals surface area contributed by atoms with E-state index in [0.717, 1.165) is 4.90 Å². The second kappa shape index (κ2) is 9.89. The number of nitrogens with zero attached hydrogens (tertiary/aromatic N) is 3. The summed E-state index contributed by atoms with van der Waals surface area (Å²) in [5.41, 5.74) is -1.06. The quantitative estimate of drug-likeness (QED) is 0.135. The molecule has 188 valence electrons. The summed E-state index contributed by atoms with van der Waals surface area (Å²) >= 11 is 5.20. The van der Waals surface area contributed by atoms with Crippen LogP contribution in [0.5, 0.6) is 0 Å². The molecule has 0 spiro atoms. The van der Waals surface area contributed by atoms with E-state index in [0.29, 0.717) is 0 Å². The number of nitro benzene ring substituents is 1. The molecule has 1 aliphatic heterocycles. The molecule has 8 nitrogen and oxygen atoms in total. The van der Waals surface area contributed by atoms with Crippen molar-refractivity contribution in [2.24, 2.45) is 0 Å². The van der Waals surface area contributed by atoms with Gasteiger partial charge in [-0.05, 0) is 30.4 Å². The molecular weight excluding hydrogens is 511 g/mol. The molecule has 0 radical (unpaired) electrons. The standard InChI is InChI=1S/C22H15F5N4O4S/c23-15-16(24)18(26)20(19(27)17(15)25)29-7-9-30(10-8-29)22(36)28-21(32)14-6-5-13(35-14)11-3-1-2-4-12(11)31(33)34/h1-6H,7-10H2,(H,28,32,36). The third-order valence-corrected chi connectivity index (χ3v) is 5.85. The Morgan fingerprint density at radius 3 is 2.11 bits per heavy atom. The van der Waals surface area contributed by atoms with Crippen LogP contribution >= 0.6 is 12.2 Å². The molecule has 1 aliphatic rings. The first-order chi connectivity index (χ1) is 17.1. The molecule has 4 rings (SSSR count). The number of thiocarbonyl (C=S) groups is 1. The third kappa shape index (κ3) is 4.58. The Morgan fingerprint density at radius 1 is 0.917 bits per heavy atom. The third-order valence-electron chi connectivity index (χ3n) is 5.49. The normalized spacial score (nSPS) is 13.6. The molecule has 0 atom stereocenters. The van der Waals surface area contributed by atoms with Crippen LogP contribution in [0.15, 0.2) is 40.8 Å². The highest BCUT2D eigenvalue weighted by Crippen LogP contribution is 2.32. The maximum atomic E-state index is 14.1. The van der Waals surface area contributed by atoms with E-state index in [1.54, 1.807) is 6.07 Å². The Morgan fingerprint density at radius 2 is 1.50 bits per heavy atom. The summed E-state index contributed by atoms with van der Waals surface area (Å²) in [6.45, 7) is -0.260. The van der Waals surface area contributed by atoms with Gasteiger partial charge in [0.2, 0.25) is 5.82 Å². The minimum atomic E-state index is -2.24. The summed E-state index contributed by atoms with van der Waals surface area (Å²) in [5.74, 6) is -11.0. The van der Waals surface area contributed by atoms with Crippen LogP contribution in [0.25, 0.3) is 11.3 Å². The van der Waals surface area contributed by atoms with Crippen LogP contribution in [0.1, 0.15) is 10.6 Å². The van der Waals surface area contributed by atoms with E-state index in [1.165, 1.54) is 35.2 Å². The number of benzene rings is 2. The molecule has 2 heterocycles. The van der Waals surface area contributed by atoms with Crippen molar-refractivity contribution in [2.45, 2.75) is 0 Å². The molecule has 1 aromatic heterocycles. The lowest BCUT2D eigenvalue weighted by Crippen LogP contribution is -2.53. The van der Waals surface area contributed by atoms with Gasteiger partial charge in [-0.2, -0.15) is 0 Å². The van der Waals surface area contributed by atoms with Gasteiger partial charge in [0.25, 0.3) is 11.6 Å². The minimum Gasteiger partial charge on any atom is -0.451 e. The number of piperazine rings is 1. The number of amides is 1. The predicted molar refractivity (Wildman–Crippen MR) is 121 cm³/mol. The number of nitrogens with one attached hydrogen (secondary N) is 1. The second-order valence-corrected chi connectivity index (χ2v) is 7.98. The van der Waals surface area contributed by atoms with Crippen molar-refractivity contribution in [2.75, 3.05) is 31.1 Å². The largest absolute Gasteiger partial charge is 0.451 e. The number of halogens is 5. The van der Waals surface area contributed by atoms with Crippen LogP contribution < -0.4 is 10.2 Å². The number of carbonyl (C=O) groups is 1. The summed E-state index contributed by atoms with van der Waals surface area (Å²) in [5, 5.41) is 13.6. The van der Waals surface area contributed by atoms with Gasteiger partial charge in [0.15, 0.2) is 34.1 Å². The lowest BCUT2D eigenvalue weighted by Gasteiger charge is -2.37. The number of hydrogen-bond donors (Lipinski definition) is 1. The zero-order valence-electron chi connectivity index (χ0n) is 18.1. The SMILES string of the molecule is O=C(NC(=S)N1CCN(c2c(F)c(F)c(F)c(F)c2F)CC1)c1ccc(-c2ccccc2[N+](=O)[O-])o1. The van der Waals surface area contributed by atoms with E-state index in [1.807, 2.05) is 0 Å². The summed E-state index contributed by atoms with van der Waals surface area (Å²) in [6, 6.07) is 8.52. The fourth-order valence-corrected chi connectivity index (χ4v) is 3.96. The van der Waals surface area contributed by atoms with Crippen LogP contribution in [0.3, 0.4) is 0 Å². The second-order valence-electron chi connectivity index (χ2n) is 7.59. The number of hydrogen-bond acceptors (Lipinski definition) is 6. The monoisotopic (exact) mass is 526 g/mol. The molecule has 36 heavy (non-hydrogen) atoms. The molecule has 1 saturated heterocycles. The number of furan rings is 1. The Bertz CT molecular complexity index is 1350. The summed E-state index contributed by atoms with van der Waals surface area (Å²) in [6.07, 6.45) is 0. The van der Waals surface area contributed by atoms with Gasteiger partial charge in [-0.1, -0.05) is 12.1 Å². The maximum Gasteiger partial charge on any atom is 0.293 e. The molecule has 1 N–H and O–H groups in total. The average Bonchev–Trinajstić information content (AvgIpc) is 3.37. The highest BCUT2D eigenvalue weighted by Gasteiger charge is 2.31. The van der Waals surface area contributed by atoms with Crippen LogP contribution in [0.2, 0.25) is 0 Å². The number of nitro groups is 1. The lowest BCUT2D eigenvalue weighted by atomic mass is 10.1. The van der Waals surface area contributed by atoms with Gasteiger partial charge < -0.3 is 14.2 Å². The van der Waals surface area contributed by atoms with E-state index in [4.69, 9.17) is 16.6 Å². The molecule has 0 saturated carbocycles.